The summed E-state index contributed by atoms with van der Waals surface area (Å²) in [5.74, 6) is -0.883. The van der Waals surface area contributed by atoms with Crippen molar-refractivity contribution in [3.8, 4) is 0 Å². The Labute approximate surface area is 93.3 Å². The molecule has 0 saturated heterocycles. The van der Waals surface area contributed by atoms with Gasteiger partial charge in [0.05, 0.1) is 19.2 Å². The maximum Gasteiger partial charge on any atom is 0.330 e. The number of carbonyl (C=O) groups excluding carboxylic acids is 1. The van der Waals surface area contributed by atoms with E-state index in [1.165, 1.54) is 11.1 Å². The summed E-state index contributed by atoms with van der Waals surface area (Å²) in [5, 5.41) is 10.3. The lowest BCUT2D eigenvalue weighted by atomic mass is 10.4. The van der Waals surface area contributed by atoms with E-state index in [1.54, 1.807) is 6.92 Å². The van der Waals surface area contributed by atoms with Gasteiger partial charge in [0.1, 0.15) is 0 Å². The summed E-state index contributed by atoms with van der Waals surface area (Å²) in [6, 6.07) is 0. The number of esters is 1. The molecule has 0 rings (SSSR count). The van der Waals surface area contributed by atoms with Crippen molar-refractivity contribution in [2.75, 3.05) is 13.2 Å². The average molecular weight is 229 g/mol. The number of ether oxygens (including phenoxy) is 1. The van der Waals surface area contributed by atoms with Crippen molar-refractivity contribution in [2.45, 2.75) is 13.3 Å². The molecule has 0 bridgehead atoms. The Morgan fingerprint density at radius 1 is 1.69 bits per heavy atom. The van der Waals surface area contributed by atoms with E-state index >= 15 is 0 Å². The van der Waals surface area contributed by atoms with Crippen LogP contribution in [0, 0.1) is 10.1 Å². The van der Waals surface area contributed by atoms with Crippen LogP contribution >= 0.6 is 0 Å². The van der Waals surface area contributed by atoms with Gasteiger partial charge in [-0.1, -0.05) is 6.58 Å². The Morgan fingerprint density at radius 3 is 2.75 bits per heavy atom. The predicted molar refractivity (Wildman–Crippen MR) is 57.4 cm³/mol. The molecule has 7 nitrogen and oxygen atoms in total. The zero-order valence-corrected chi connectivity index (χ0v) is 9.09. The number of carbonyl (C=O) groups is 1. The van der Waals surface area contributed by atoms with Gasteiger partial charge < -0.3 is 19.8 Å². The second-order valence-corrected chi connectivity index (χ2v) is 2.79. The van der Waals surface area contributed by atoms with Crippen LogP contribution in [0.4, 0.5) is 0 Å². The fraction of sp³-hybridized carbons (Fsp3) is 0.444. The number of hydrogen-bond acceptors (Lipinski definition) is 6. The lowest BCUT2D eigenvalue weighted by Gasteiger charge is -2.13. The van der Waals surface area contributed by atoms with Gasteiger partial charge in [0.25, 0.3) is 0 Å². The molecule has 90 valence electrons. The summed E-state index contributed by atoms with van der Waals surface area (Å²) in [4.78, 5) is 21.9. The van der Waals surface area contributed by atoms with Crippen molar-refractivity contribution < 1.29 is 14.5 Å². The van der Waals surface area contributed by atoms with Crippen molar-refractivity contribution in [1.82, 2.24) is 4.90 Å². The number of nitro groups is 1. The molecule has 0 aliphatic heterocycles. The minimum absolute atomic E-state index is 0.112. The van der Waals surface area contributed by atoms with Gasteiger partial charge in [0.15, 0.2) is 0 Å². The quantitative estimate of drug-likeness (QED) is 0.386. The second-order valence-electron chi connectivity index (χ2n) is 2.79. The van der Waals surface area contributed by atoms with E-state index in [-0.39, 0.29) is 18.9 Å². The zero-order chi connectivity index (χ0) is 12.6. The third-order valence-electron chi connectivity index (χ3n) is 1.62. The van der Waals surface area contributed by atoms with Crippen LogP contribution in [-0.4, -0.2) is 28.9 Å². The highest BCUT2D eigenvalue weighted by Gasteiger charge is 2.07. The van der Waals surface area contributed by atoms with Crippen LogP contribution in [0.25, 0.3) is 0 Å². The van der Waals surface area contributed by atoms with E-state index in [9.17, 15) is 14.9 Å². The summed E-state index contributed by atoms with van der Waals surface area (Å²) >= 11 is 0. The smallest absolute Gasteiger partial charge is 0.330 e. The van der Waals surface area contributed by atoms with Crippen LogP contribution in [0.5, 0.6) is 0 Å². The number of hydrogen-bond donors (Lipinski definition) is 1. The molecule has 7 heteroatoms. The minimum atomic E-state index is -0.721. The molecule has 0 aliphatic rings. The van der Waals surface area contributed by atoms with Gasteiger partial charge in [-0.05, 0) is 18.0 Å². The summed E-state index contributed by atoms with van der Waals surface area (Å²) in [7, 11) is 0. The summed E-state index contributed by atoms with van der Waals surface area (Å²) in [6.45, 7) is 5.69. The number of nitrogens with zero attached hydrogens (tertiary/aromatic N) is 2. The Hall–Kier alpha value is -2.05. The third kappa shape index (κ3) is 5.63. The molecule has 0 spiro atoms. The van der Waals surface area contributed by atoms with Gasteiger partial charge in [0.2, 0.25) is 0 Å². The molecule has 0 radical (unpaired) electrons. The minimum Gasteiger partial charge on any atom is -0.466 e. The molecule has 16 heavy (non-hydrogen) atoms. The number of rotatable bonds is 7. The third-order valence-corrected chi connectivity index (χ3v) is 1.62. The monoisotopic (exact) mass is 229 g/mol. The first kappa shape index (κ1) is 13.9. The molecule has 0 aromatic rings. The molecular formula is C9H15N3O4. The van der Waals surface area contributed by atoms with E-state index < -0.39 is 10.7 Å². The molecular weight excluding hydrogens is 214 g/mol. The molecule has 0 atom stereocenters. The van der Waals surface area contributed by atoms with Crippen molar-refractivity contribution >= 4 is 5.97 Å². The largest absolute Gasteiger partial charge is 0.466 e. The Morgan fingerprint density at radius 2 is 2.31 bits per heavy atom. The summed E-state index contributed by atoms with van der Waals surface area (Å²) < 4.78 is 4.70. The average Bonchev–Trinajstić information content (AvgIpc) is 2.24. The Kier molecular flexibility index (Phi) is 6.34. The Bertz CT molecular complexity index is 301. The molecule has 0 amide bonds. The van der Waals surface area contributed by atoms with Gasteiger partial charge in [-0.25, -0.2) is 0 Å². The maximum atomic E-state index is 11.0. The topological polar surface area (TPSA) is 98.7 Å². The normalized spacial score (nSPS) is 10.7. The summed E-state index contributed by atoms with van der Waals surface area (Å²) in [5.41, 5.74) is 5.11. The molecule has 0 aromatic carbocycles. The van der Waals surface area contributed by atoms with Crippen LogP contribution in [0.2, 0.25) is 0 Å². The molecule has 2 N–H and O–H groups in total. The lowest BCUT2D eigenvalue weighted by molar-refractivity contribution is -0.427. The lowest BCUT2D eigenvalue weighted by Crippen LogP contribution is -2.20. The zero-order valence-electron chi connectivity index (χ0n) is 9.09. The van der Waals surface area contributed by atoms with Gasteiger partial charge in [-0.3, -0.25) is 10.5 Å². The second kappa shape index (κ2) is 7.27. The first-order valence-corrected chi connectivity index (χ1v) is 4.66. The Balaban J connectivity index is 4.21. The highest BCUT2D eigenvalue weighted by Crippen LogP contribution is 1.98. The van der Waals surface area contributed by atoms with Crippen molar-refractivity contribution in [3.05, 3.63) is 34.9 Å². The highest BCUT2D eigenvalue weighted by molar-refractivity contribution is 5.69. The molecule has 0 aliphatic carbocycles. The fourth-order valence-corrected chi connectivity index (χ4v) is 0.879. The summed E-state index contributed by atoms with van der Waals surface area (Å²) in [6.07, 6.45) is 2.56. The van der Waals surface area contributed by atoms with Crippen molar-refractivity contribution in [2.24, 2.45) is 5.73 Å². The molecule has 0 aromatic heterocycles. The first-order chi connectivity index (χ1) is 7.51. The first-order valence-electron chi connectivity index (χ1n) is 4.66. The van der Waals surface area contributed by atoms with Gasteiger partial charge >= 0.3 is 11.8 Å². The van der Waals surface area contributed by atoms with Gasteiger partial charge in [-0.2, -0.15) is 0 Å². The van der Waals surface area contributed by atoms with Gasteiger partial charge in [-0.15, -0.1) is 0 Å². The van der Waals surface area contributed by atoms with E-state index in [4.69, 9.17) is 10.5 Å². The fourth-order valence-electron chi connectivity index (χ4n) is 0.879. The SMILES string of the molecule is C=CN(/C=C(\N)[N+](=O)[O-])CCC(=O)OCC. The molecule has 0 heterocycles. The highest BCUT2D eigenvalue weighted by atomic mass is 16.6. The number of nitrogens with two attached hydrogens (primary N) is 1. The van der Waals surface area contributed by atoms with Crippen molar-refractivity contribution in [3.63, 3.8) is 0 Å². The van der Waals surface area contributed by atoms with E-state index in [2.05, 4.69) is 6.58 Å². The van der Waals surface area contributed by atoms with E-state index in [0.29, 0.717) is 6.61 Å². The molecule has 0 unspecified atom stereocenters. The van der Waals surface area contributed by atoms with Gasteiger partial charge in [0, 0.05) is 6.54 Å². The molecule has 0 saturated carbocycles. The maximum absolute atomic E-state index is 11.0. The predicted octanol–water partition coefficient (Wildman–Crippen LogP) is 0.419. The van der Waals surface area contributed by atoms with Crippen LogP contribution in [-0.2, 0) is 9.53 Å². The van der Waals surface area contributed by atoms with Crippen LogP contribution in [0.15, 0.2) is 24.8 Å². The van der Waals surface area contributed by atoms with E-state index in [0.717, 1.165) is 6.20 Å². The van der Waals surface area contributed by atoms with Crippen LogP contribution in [0.3, 0.4) is 0 Å². The van der Waals surface area contributed by atoms with Crippen LogP contribution in [0.1, 0.15) is 13.3 Å². The molecule has 0 fully saturated rings. The standard InChI is InChI=1S/C9H15N3O4/c1-3-11(7-8(10)12(14)15)6-5-9(13)16-4-2/h3,7H,1,4-6,10H2,2H3/b8-7+. The van der Waals surface area contributed by atoms with E-state index in [1.807, 2.05) is 0 Å². The van der Waals surface area contributed by atoms with Crippen molar-refractivity contribution in [1.29, 1.82) is 0 Å². The van der Waals surface area contributed by atoms with Crippen LogP contribution < -0.4 is 5.73 Å².